The van der Waals surface area contributed by atoms with Crippen molar-refractivity contribution in [2.45, 2.75) is 32.3 Å². The summed E-state index contributed by atoms with van der Waals surface area (Å²) in [4.78, 5) is 2.29. The van der Waals surface area contributed by atoms with Gasteiger partial charge in [-0.2, -0.15) is 0 Å². The van der Waals surface area contributed by atoms with E-state index in [1.54, 1.807) is 0 Å². The summed E-state index contributed by atoms with van der Waals surface area (Å²) in [6, 6.07) is 0. The number of nitrogens with zero attached hydrogens (tertiary/aromatic N) is 1. The van der Waals surface area contributed by atoms with Gasteiger partial charge in [0, 0.05) is 19.6 Å². The first-order chi connectivity index (χ1) is 6.20. The van der Waals surface area contributed by atoms with E-state index in [-0.39, 0.29) is 0 Å². The predicted molar refractivity (Wildman–Crippen MR) is 52.8 cm³/mol. The maximum atomic E-state index is 10.1. The third kappa shape index (κ3) is 3.25. The van der Waals surface area contributed by atoms with E-state index in [2.05, 4.69) is 4.90 Å². The summed E-state index contributed by atoms with van der Waals surface area (Å²) in [6.07, 6.45) is 1.67. The molecule has 0 aromatic rings. The summed E-state index contributed by atoms with van der Waals surface area (Å²) < 4.78 is 5.26. The lowest BCUT2D eigenvalue weighted by atomic mass is 9.97. The Morgan fingerprint density at radius 1 is 1.23 bits per heavy atom. The lowest BCUT2D eigenvalue weighted by Crippen LogP contribution is -2.46. The van der Waals surface area contributed by atoms with Gasteiger partial charge in [0.05, 0.1) is 18.8 Å². The fourth-order valence-electron chi connectivity index (χ4n) is 1.65. The minimum atomic E-state index is -0.489. The van der Waals surface area contributed by atoms with Crippen LogP contribution in [0.5, 0.6) is 0 Å². The maximum Gasteiger partial charge on any atom is 0.0768 e. The SMILES string of the molecule is CCC(O)(CC)CN1CCOCC1. The number of hydrogen-bond acceptors (Lipinski definition) is 3. The molecule has 0 unspecified atom stereocenters. The van der Waals surface area contributed by atoms with Crippen LogP contribution < -0.4 is 0 Å². The molecule has 3 heteroatoms. The molecule has 13 heavy (non-hydrogen) atoms. The lowest BCUT2D eigenvalue weighted by molar-refractivity contribution is -0.0359. The van der Waals surface area contributed by atoms with E-state index >= 15 is 0 Å². The van der Waals surface area contributed by atoms with Gasteiger partial charge in [0.2, 0.25) is 0 Å². The van der Waals surface area contributed by atoms with Crippen molar-refractivity contribution in [3.63, 3.8) is 0 Å². The van der Waals surface area contributed by atoms with E-state index < -0.39 is 5.60 Å². The molecule has 0 saturated carbocycles. The van der Waals surface area contributed by atoms with E-state index in [0.29, 0.717) is 0 Å². The Balaban J connectivity index is 2.35. The molecule has 1 aliphatic heterocycles. The first-order valence-electron chi connectivity index (χ1n) is 5.22. The molecule has 1 rings (SSSR count). The highest BCUT2D eigenvalue weighted by atomic mass is 16.5. The average Bonchev–Trinajstić information content (AvgIpc) is 2.19. The van der Waals surface area contributed by atoms with E-state index in [1.807, 2.05) is 13.8 Å². The van der Waals surface area contributed by atoms with E-state index in [9.17, 15) is 5.11 Å². The molecular formula is C10H21NO2. The smallest absolute Gasteiger partial charge is 0.0768 e. The second-order valence-corrected chi connectivity index (χ2v) is 3.82. The summed E-state index contributed by atoms with van der Waals surface area (Å²) in [5.74, 6) is 0. The van der Waals surface area contributed by atoms with Gasteiger partial charge >= 0.3 is 0 Å². The highest BCUT2D eigenvalue weighted by Gasteiger charge is 2.26. The van der Waals surface area contributed by atoms with Crippen molar-refractivity contribution >= 4 is 0 Å². The molecule has 0 amide bonds. The van der Waals surface area contributed by atoms with Crippen LogP contribution in [0.25, 0.3) is 0 Å². The fraction of sp³-hybridized carbons (Fsp3) is 1.00. The fourth-order valence-corrected chi connectivity index (χ4v) is 1.65. The zero-order chi connectivity index (χ0) is 9.73. The molecule has 1 N–H and O–H groups in total. The molecule has 3 nitrogen and oxygen atoms in total. The van der Waals surface area contributed by atoms with Gasteiger partial charge in [-0.1, -0.05) is 13.8 Å². The van der Waals surface area contributed by atoms with Crippen molar-refractivity contribution in [3.8, 4) is 0 Å². The van der Waals surface area contributed by atoms with Crippen LogP contribution in [-0.4, -0.2) is 48.5 Å². The summed E-state index contributed by atoms with van der Waals surface area (Å²) >= 11 is 0. The van der Waals surface area contributed by atoms with Crippen molar-refractivity contribution < 1.29 is 9.84 Å². The number of morpholine rings is 1. The standard InChI is InChI=1S/C10H21NO2/c1-3-10(12,4-2)9-11-5-7-13-8-6-11/h12H,3-9H2,1-2H3. The minimum absolute atomic E-state index is 0.489. The van der Waals surface area contributed by atoms with Gasteiger partial charge in [0.1, 0.15) is 0 Å². The molecule has 1 heterocycles. The van der Waals surface area contributed by atoms with Crippen molar-refractivity contribution in [1.29, 1.82) is 0 Å². The quantitative estimate of drug-likeness (QED) is 0.709. The predicted octanol–water partition coefficient (Wildman–Crippen LogP) is 0.870. The van der Waals surface area contributed by atoms with Crippen LogP contribution in [0.3, 0.4) is 0 Å². The van der Waals surface area contributed by atoms with Gasteiger partial charge < -0.3 is 9.84 Å². The summed E-state index contributed by atoms with van der Waals surface area (Å²) in [7, 11) is 0. The molecule has 78 valence electrons. The molecule has 0 atom stereocenters. The number of rotatable bonds is 4. The van der Waals surface area contributed by atoms with Crippen molar-refractivity contribution in [3.05, 3.63) is 0 Å². The van der Waals surface area contributed by atoms with Crippen molar-refractivity contribution in [2.24, 2.45) is 0 Å². The largest absolute Gasteiger partial charge is 0.389 e. The minimum Gasteiger partial charge on any atom is -0.389 e. The van der Waals surface area contributed by atoms with Crippen LogP contribution in [0.2, 0.25) is 0 Å². The Morgan fingerprint density at radius 3 is 2.23 bits per heavy atom. The van der Waals surface area contributed by atoms with Crippen molar-refractivity contribution in [2.75, 3.05) is 32.8 Å². The third-order valence-corrected chi connectivity index (χ3v) is 2.94. The zero-order valence-corrected chi connectivity index (χ0v) is 8.75. The van der Waals surface area contributed by atoms with Gasteiger partial charge in [0.25, 0.3) is 0 Å². The maximum absolute atomic E-state index is 10.1. The summed E-state index contributed by atoms with van der Waals surface area (Å²) in [5, 5.41) is 10.1. The molecule has 0 aromatic carbocycles. The number of aliphatic hydroxyl groups is 1. The van der Waals surface area contributed by atoms with Crippen LogP contribution in [0, 0.1) is 0 Å². The monoisotopic (exact) mass is 187 g/mol. The highest BCUT2D eigenvalue weighted by molar-refractivity contribution is 4.80. The van der Waals surface area contributed by atoms with Crippen LogP contribution in [0.1, 0.15) is 26.7 Å². The molecular weight excluding hydrogens is 166 g/mol. The van der Waals surface area contributed by atoms with Gasteiger partial charge in [-0.25, -0.2) is 0 Å². The topological polar surface area (TPSA) is 32.7 Å². The van der Waals surface area contributed by atoms with Crippen LogP contribution >= 0.6 is 0 Å². The molecule has 0 aromatic heterocycles. The Morgan fingerprint density at radius 2 is 1.77 bits per heavy atom. The second kappa shape index (κ2) is 4.94. The van der Waals surface area contributed by atoms with Gasteiger partial charge in [-0.15, -0.1) is 0 Å². The van der Waals surface area contributed by atoms with E-state index in [0.717, 1.165) is 45.7 Å². The van der Waals surface area contributed by atoms with Gasteiger partial charge in [-0.3, -0.25) is 4.90 Å². The first-order valence-corrected chi connectivity index (χ1v) is 5.22. The zero-order valence-electron chi connectivity index (χ0n) is 8.75. The van der Waals surface area contributed by atoms with Gasteiger partial charge in [-0.05, 0) is 12.8 Å². The van der Waals surface area contributed by atoms with E-state index in [4.69, 9.17) is 4.74 Å². The molecule has 0 radical (unpaired) electrons. The molecule has 1 aliphatic rings. The normalized spacial score (nSPS) is 20.5. The Hall–Kier alpha value is -0.120. The van der Waals surface area contributed by atoms with Crippen LogP contribution in [0.4, 0.5) is 0 Å². The van der Waals surface area contributed by atoms with Gasteiger partial charge in [0.15, 0.2) is 0 Å². The molecule has 0 aliphatic carbocycles. The van der Waals surface area contributed by atoms with Crippen molar-refractivity contribution in [1.82, 2.24) is 4.90 Å². The Bertz CT molecular complexity index is 140. The molecule has 1 fully saturated rings. The summed E-state index contributed by atoms with van der Waals surface area (Å²) in [5.41, 5.74) is -0.489. The van der Waals surface area contributed by atoms with Crippen LogP contribution in [-0.2, 0) is 4.74 Å². The Kier molecular flexibility index (Phi) is 4.16. The molecule has 1 saturated heterocycles. The number of ether oxygens (including phenoxy) is 1. The second-order valence-electron chi connectivity index (χ2n) is 3.82. The first kappa shape index (κ1) is 11.0. The number of hydrogen-bond donors (Lipinski definition) is 1. The third-order valence-electron chi connectivity index (χ3n) is 2.94. The number of β-amino-alcohol motifs (C(OH)–C–C–N with tert-alkyl or cyclic N) is 1. The lowest BCUT2D eigenvalue weighted by Gasteiger charge is -2.34. The Labute approximate surface area is 80.7 Å². The molecule has 0 spiro atoms. The molecule has 0 bridgehead atoms. The van der Waals surface area contributed by atoms with E-state index in [1.165, 1.54) is 0 Å². The summed E-state index contributed by atoms with van der Waals surface area (Å²) in [6.45, 7) is 8.43. The van der Waals surface area contributed by atoms with Crippen LogP contribution in [0.15, 0.2) is 0 Å². The highest BCUT2D eigenvalue weighted by Crippen LogP contribution is 2.16. The average molecular weight is 187 g/mol.